The van der Waals surface area contributed by atoms with Gasteiger partial charge in [-0.2, -0.15) is 5.10 Å². The molecule has 0 radical (unpaired) electrons. The van der Waals surface area contributed by atoms with Gasteiger partial charge in [0.15, 0.2) is 0 Å². The molecule has 3 heterocycles. The molecule has 0 saturated carbocycles. The number of amides is 1. The van der Waals surface area contributed by atoms with Gasteiger partial charge in [0.1, 0.15) is 5.82 Å². The van der Waals surface area contributed by atoms with Gasteiger partial charge in [0.05, 0.1) is 18.4 Å². The van der Waals surface area contributed by atoms with Crippen molar-refractivity contribution < 1.29 is 14.3 Å². The molecule has 2 fully saturated rings. The Morgan fingerprint density at radius 1 is 1.40 bits per heavy atom. The summed E-state index contributed by atoms with van der Waals surface area (Å²) in [6.07, 6.45) is 4.95. The molecule has 3 rings (SSSR count). The van der Waals surface area contributed by atoms with Crippen LogP contribution in [0.1, 0.15) is 57.6 Å². The van der Waals surface area contributed by atoms with Crippen LogP contribution in [-0.2, 0) is 21.3 Å². The van der Waals surface area contributed by atoms with Gasteiger partial charge in [-0.3, -0.25) is 9.48 Å². The predicted octanol–water partition coefficient (Wildman–Crippen LogP) is 3.09. The number of carbonyl (C=O) groups is 1. The van der Waals surface area contributed by atoms with Crippen LogP contribution in [0.4, 0.5) is 5.82 Å². The van der Waals surface area contributed by atoms with E-state index >= 15 is 0 Å². The highest BCUT2D eigenvalue weighted by atomic mass is 16.5. The first-order valence-electron chi connectivity index (χ1n) is 9.56. The lowest BCUT2D eigenvalue weighted by Crippen LogP contribution is -2.31. The Labute approximate surface area is 150 Å². The summed E-state index contributed by atoms with van der Waals surface area (Å²) in [5, 5.41) is 7.61. The number of aryl methyl sites for hydroxylation is 1. The van der Waals surface area contributed by atoms with Gasteiger partial charge >= 0.3 is 0 Å². The minimum Gasteiger partial charge on any atom is -0.381 e. The molecule has 1 N–H and O–H groups in total. The second-order valence-corrected chi connectivity index (χ2v) is 7.79. The monoisotopic (exact) mass is 349 g/mol. The molecule has 6 nitrogen and oxygen atoms in total. The Kier molecular flexibility index (Phi) is 6.12. The van der Waals surface area contributed by atoms with Gasteiger partial charge in [-0.1, -0.05) is 13.8 Å². The molecular formula is C19H31N3O3. The average Bonchev–Trinajstić information content (AvgIpc) is 2.96. The number of rotatable bonds is 5. The maximum atomic E-state index is 12.5. The fourth-order valence-electron chi connectivity index (χ4n) is 3.79. The third-order valence-corrected chi connectivity index (χ3v) is 5.39. The second kappa shape index (κ2) is 8.32. The zero-order chi connectivity index (χ0) is 17.8. The highest BCUT2D eigenvalue weighted by molar-refractivity contribution is 5.90. The highest BCUT2D eigenvalue weighted by Gasteiger charge is 2.27. The first kappa shape index (κ1) is 18.4. The number of nitrogens with zero attached hydrogens (tertiary/aromatic N) is 2. The van der Waals surface area contributed by atoms with E-state index in [-0.39, 0.29) is 12.0 Å². The van der Waals surface area contributed by atoms with E-state index in [4.69, 9.17) is 9.47 Å². The van der Waals surface area contributed by atoms with E-state index in [0.717, 1.165) is 57.0 Å². The van der Waals surface area contributed by atoms with Gasteiger partial charge < -0.3 is 14.8 Å². The molecule has 3 atom stereocenters. The van der Waals surface area contributed by atoms with Crippen LogP contribution in [0.5, 0.6) is 0 Å². The van der Waals surface area contributed by atoms with E-state index in [9.17, 15) is 4.79 Å². The van der Waals surface area contributed by atoms with Crippen molar-refractivity contribution in [2.24, 2.45) is 18.9 Å². The number of hydrogen-bond acceptors (Lipinski definition) is 4. The molecule has 140 valence electrons. The Bertz CT molecular complexity index is 578. The minimum absolute atomic E-state index is 0.0730. The molecule has 2 saturated heterocycles. The molecule has 2 aliphatic heterocycles. The van der Waals surface area contributed by atoms with Gasteiger partial charge in [-0.15, -0.1) is 0 Å². The number of hydrogen-bond donors (Lipinski definition) is 1. The fourth-order valence-corrected chi connectivity index (χ4v) is 3.79. The normalized spacial score (nSPS) is 27.4. The fraction of sp³-hybridized carbons (Fsp3) is 0.789. The average molecular weight is 349 g/mol. The van der Waals surface area contributed by atoms with Crippen LogP contribution in [0.3, 0.4) is 0 Å². The van der Waals surface area contributed by atoms with Crippen molar-refractivity contribution in [3.05, 3.63) is 11.8 Å². The molecule has 1 amide bonds. The van der Waals surface area contributed by atoms with E-state index in [0.29, 0.717) is 24.2 Å². The summed E-state index contributed by atoms with van der Waals surface area (Å²) >= 11 is 0. The van der Waals surface area contributed by atoms with Gasteiger partial charge in [-0.05, 0) is 37.5 Å². The van der Waals surface area contributed by atoms with Crippen molar-refractivity contribution in [2.45, 2.75) is 58.0 Å². The van der Waals surface area contributed by atoms with Gasteiger partial charge in [0, 0.05) is 38.7 Å². The van der Waals surface area contributed by atoms with Crippen LogP contribution in [0.25, 0.3) is 0 Å². The Morgan fingerprint density at radius 2 is 2.24 bits per heavy atom. The van der Waals surface area contributed by atoms with Crippen molar-refractivity contribution in [3.8, 4) is 0 Å². The molecule has 0 aromatic carbocycles. The van der Waals surface area contributed by atoms with Crippen molar-refractivity contribution in [2.75, 3.05) is 25.1 Å². The highest BCUT2D eigenvalue weighted by Crippen LogP contribution is 2.29. The predicted molar refractivity (Wildman–Crippen MR) is 96.6 cm³/mol. The molecule has 2 aliphatic rings. The van der Waals surface area contributed by atoms with Crippen LogP contribution in [0.15, 0.2) is 6.07 Å². The largest absolute Gasteiger partial charge is 0.381 e. The summed E-state index contributed by atoms with van der Waals surface area (Å²) in [6.45, 7) is 6.69. The maximum absolute atomic E-state index is 12.5. The van der Waals surface area contributed by atoms with Gasteiger partial charge in [0.25, 0.3) is 0 Å². The molecule has 25 heavy (non-hydrogen) atoms. The lowest BCUT2D eigenvalue weighted by atomic mass is 9.88. The van der Waals surface area contributed by atoms with E-state index in [1.807, 2.05) is 13.1 Å². The standard InChI is InChI=1S/C19H31N3O3/c1-13(2)17-9-14(6-8-25-17)10-19(23)20-18-11-16(21-22(18)3)15-5-4-7-24-12-15/h11,13-15,17H,4-10,12H2,1-3H3,(H,20,23)/t14-,15-,17+/m1/s1. The van der Waals surface area contributed by atoms with Crippen LogP contribution >= 0.6 is 0 Å². The minimum atomic E-state index is 0.0730. The third-order valence-electron chi connectivity index (χ3n) is 5.39. The maximum Gasteiger partial charge on any atom is 0.225 e. The number of ether oxygens (including phenoxy) is 2. The number of carbonyl (C=O) groups excluding carboxylic acids is 1. The third kappa shape index (κ3) is 4.82. The SMILES string of the molecule is CC(C)[C@@H]1C[C@H](CC(=O)Nc2cc([C@@H]3CCCOC3)nn2C)CCO1. The first-order valence-corrected chi connectivity index (χ1v) is 9.56. The molecule has 1 aromatic heterocycles. The van der Waals surface area contributed by atoms with E-state index < -0.39 is 0 Å². The second-order valence-electron chi connectivity index (χ2n) is 7.79. The quantitative estimate of drug-likeness (QED) is 0.887. The summed E-state index contributed by atoms with van der Waals surface area (Å²) in [5.74, 6) is 2.10. The summed E-state index contributed by atoms with van der Waals surface area (Å²) < 4.78 is 13.1. The lowest BCUT2D eigenvalue weighted by Gasteiger charge is -2.31. The molecule has 0 bridgehead atoms. The Morgan fingerprint density at radius 3 is 2.96 bits per heavy atom. The Hall–Kier alpha value is -1.40. The van der Waals surface area contributed by atoms with Crippen molar-refractivity contribution in [1.82, 2.24) is 9.78 Å². The van der Waals surface area contributed by atoms with Gasteiger partial charge in [0.2, 0.25) is 5.91 Å². The van der Waals surface area contributed by atoms with Crippen LogP contribution in [-0.4, -0.2) is 41.6 Å². The number of anilines is 1. The van der Waals surface area contributed by atoms with Crippen molar-refractivity contribution >= 4 is 11.7 Å². The molecule has 0 aliphatic carbocycles. The van der Waals surface area contributed by atoms with Crippen LogP contribution < -0.4 is 5.32 Å². The van der Waals surface area contributed by atoms with Crippen LogP contribution in [0, 0.1) is 11.8 Å². The topological polar surface area (TPSA) is 65.4 Å². The number of nitrogens with one attached hydrogen (secondary N) is 1. The van der Waals surface area contributed by atoms with Crippen molar-refractivity contribution in [1.29, 1.82) is 0 Å². The number of aromatic nitrogens is 2. The molecule has 0 spiro atoms. The lowest BCUT2D eigenvalue weighted by molar-refractivity contribution is -0.118. The first-order chi connectivity index (χ1) is 12.0. The van der Waals surface area contributed by atoms with E-state index in [1.165, 1.54) is 0 Å². The summed E-state index contributed by atoms with van der Waals surface area (Å²) in [4.78, 5) is 12.5. The molecule has 1 aromatic rings. The van der Waals surface area contributed by atoms with Crippen LogP contribution in [0.2, 0.25) is 0 Å². The van der Waals surface area contributed by atoms with E-state index in [2.05, 4.69) is 24.3 Å². The van der Waals surface area contributed by atoms with Crippen molar-refractivity contribution in [3.63, 3.8) is 0 Å². The smallest absolute Gasteiger partial charge is 0.225 e. The summed E-state index contributed by atoms with van der Waals surface area (Å²) in [6, 6.07) is 2.00. The molecule has 6 heteroatoms. The Balaban J connectivity index is 1.55. The molecular weight excluding hydrogens is 318 g/mol. The summed E-state index contributed by atoms with van der Waals surface area (Å²) in [7, 11) is 1.88. The molecule has 0 unspecified atom stereocenters. The zero-order valence-electron chi connectivity index (χ0n) is 15.7. The summed E-state index contributed by atoms with van der Waals surface area (Å²) in [5.41, 5.74) is 1.02. The van der Waals surface area contributed by atoms with Gasteiger partial charge in [-0.25, -0.2) is 0 Å². The zero-order valence-corrected chi connectivity index (χ0v) is 15.7. The van der Waals surface area contributed by atoms with E-state index in [1.54, 1.807) is 4.68 Å².